The highest BCUT2D eigenvalue weighted by Gasteiger charge is 2.00. The van der Waals surface area contributed by atoms with Crippen molar-refractivity contribution in [3.8, 4) is 5.88 Å². The van der Waals surface area contributed by atoms with Crippen molar-refractivity contribution in [3.05, 3.63) is 24.0 Å². The van der Waals surface area contributed by atoms with Gasteiger partial charge in [0, 0.05) is 6.20 Å². The first-order valence-corrected chi connectivity index (χ1v) is 3.55. The van der Waals surface area contributed by atoms with Gasteiger partial charge in [0.1, 0.15) is 5.52 Å². The lowest BCUT2D eigenvalue weighted by atomic mass is 10.2. The number of hydrogen-bond donors (Lipinski definition) is 1. The number of aryl methyl sites for hydroxylation is 1. The molecule has 0 radical (unpaired) electrons. The summed E-state index contributed by atoms with van der Waals surface area (Å²) in [5.74, 6) is -0.0707. The molecule has 0 aromatic carbocycles. The third-order valence-corrected chi connectivity index (χ3v) is 1.64. The summed E-state index contributed by atoms with van der Waals surface area (Å²) in [6, 6.07) is 1.83. The zero-order valence-electron chi connectivity index (χ0n) is 6.52. The SMILES string of the molecule is Cc1ccnc2ncc(O)nc12. The largest absolute Gasteiger partial charge is 0.492 e. The minimum absolute atomic E-state index is 0.0707. The summed E-state index contributed by atoms with van der Waals surface area (Å²) in [6.07, 6.45) is 2.96. The van der Waals surface area contributed by atoms with Gasteiger partial charge in [-0.1, -0.05) is 0 Å². The lowest BCUT2D eigenvalue weighted by Crippen LogP contribution is -1.89. The second-order valence-corrected chi connectivity index (χ2v) is 2.53. The van der Waals surface area contributed by atoms with E-state index in [0.29, 0.717) is 11.2 Å². The van der Waals surface area contributed by atoms with Gasteiger partial charge in [0.05, 0.1) is 6.20 Å². The molecule has 0 fully saturated rings. The molecule has 0 spiro atoms. The molecule has 0 bridgehead atoms. The van der Waals surface area contributed by atoms with Crippen molar-refractivity contribution >= 4 is 11.2 Å². The van der Waals surface area contributed by atoms with Gasteiger partial charge in [0.2, 0.25) is 5.88 Å². The van der Waals surface area contributed by atoms with Crippen LogP contribution in [-0.2, 0) is 0 Å². The molecule has 12 heavy (non-hydrogen) atoms. The highest BCUT2D eigenvalue weighted by Crippen LogP contribution is 2.13. The first kappa shape index (κ1) is 6.97. The third kappa shape index (κ3) is 0.972. The maximum atomic E-state index is 9.05. The summed E-state index contributed by atoms with van der Waals surface area (Å²) < 4.78 is 0. The molecule has 0 atom stereocenters. The van der Waals surface area contributed by atoms with Crippen molar-refractivity contribution in [2.45, 2.75) is 6.92 Å². The molecule has 0 saturated carbocycles. The summed E-state index contributed by atoms with van der Waals surface area (Å²) in [4.78, 5) is 11.8. The molecule has 0 aliphatic heterocycles. The molecular weight excluding hydrogens is 154 g/mol. The number of hydrogen-bond acceptors (Lipinski definition) is 4. The Morgan fingerprint density at radius 1 is 1.33 bits per heavy atom. The molecule has 2 aromatic rings. The van der Waals surface area contributed by atoms with Gasteiger partial charge >= 0.3 is 0 Å². The zero-order chi connectivity index (χ0) is 8.55. The van der Waals surface area contributed by atoms with Gasteiger partial charge in [-0.2, -0.15) is 0 Å². The van der Waals surface area contributed by atoms with E-state index in [2.05, 4.69) is 15.0 Å². The Bertz CT molecular complexity index is 428. The van der Waals surface area contributed by atoms with Crippen molar-refractivity contribution in [2.75, 3.05) is 0 Å². The Morgan fingerprint density at radius 2 is 2.17 bits per heavy atom. The number of aromatic hydroxyl groups is 1. The summed E-state index contributed by atoms with van der Waals surface area (Å²) >= 11 is 0. The molecule has 2 aromatic heterocycles. The van der Waals surface area contributed by atoms with Crippen molar-refractivity contribution in [1.82, 2.24) is 15.0 Å². The summed E-state index contributed by atoms with van der Waals surface area (Å²) in [7, 11) is 0. The zero-order valence-corrected chi connectivity index (χ0v) is 6.52. The van der Waals surface area contributed by atoms with Crippen LogP contribution in [0.25, 0.3) is 11.2 Å². The van der Waals surface area contributed by atoms with Gasteiger partial charge in [0.25, 0.3) is 0 Å². The van der Waals surface area contributed by atoms with E-state index < -0.39 is 0 Å². The number of rotatable bonds is 0. The van der Waals surface area contributed by atoms with E-state index in [9.17, 15) is 0 Å². The fourth-order valence-electron chi connectivity index (χ4n) is 1.03. The van der Waals surface area contributed by atoms with Gasteiger partial charge in [-0.05, 0) is 18.6 Å². The van der Waals surface area contributed by atoms with Gasteiger partial charge in [-0.15, -0.1) is 0 Å². The molecule has 0 amide bonds. The topological polar surface area (TPSA) is 58.9 Å². The van der Waals surface area contributed by atoms with Crippen molar-refractivity contribution in [2.24, 2.45) is 0 Å². The second kappa shape index (κ2) is 2.41. The first-order chi connectivity index (χ1) is 5.77. The Balaban J connectivity index is 2.88. The number of nitrogens with zero attached hydrogens (tertiary/aromatic N) is 3. The molecule has 0 aliphatic rings. The highest BCUT2D eigenvalue weighted by molar-refractivity contribution is 5.73. The van der Waals surface area contributed by atoms with E-state index in [4.69, 9.17) is 5.11 Å². The van der Waals surface area contributed by atoms with Crippen LogP contribution in [0, 0.1) is 6.92 Å². The fourth-order valence-corrected chi connectivity index (χ4v) is 1.03. The van der Waals surface area contributed by atoms with E-state index >= 15 is 0 Å². The second-order valence-electron chi connectivity index (χ2n) is 2.53. The van der Waals surface area contributed by atoms with Gasteiger partial charge in [-0.25, -0.2) is 15.0 Å². The quantitative estimate of drug-likeness (QED) is 0.627. The maximum Gasteiger partial charge on any atom is 0.230 e. The lowest BCUT2D eigenvalue weighted by Gasteiger charge is -1.98. The minimum Gasteiger partial charge on any atom is -0.492 e. The van der Waals surface area contributed by atoms with Crippen molar-refractivity contribution in [3.63, 3.8) is 0 Å². The normalized spacial score (nSPS) is 10.4. The molecule has 2 heterocycles. The van der Waals surface area contributed by atoms with Crippen LogP contribution >= 0.6 is 0 Å². The number of fused-ring (bicyclic) bond motifs is 1. The van der Waals surface area contributed by atoms with Crippen LogP contribution in [0.2, 0.25) is 0 Å². The predicted molar refractivity (Wildman–Crippen MR) is 43.7 cm³/mol. The molecule has 4 heteroatoms. The molecule has 0 saturated heterocycles. The van der Waals surface area contributed by atoms with Crippen molar-refractivity contribution in [1.29, 1.82) is 0 Å². The Hall–Kier alpha value is -1.71. The molecule has 4 nitrogen and oxygen atoms in total. The van der Waals surface area contributed by atoms with Crippen LogP contribution in [0.1, 0.15) is 5.56 Å². The van der Waals surface area contributed by atoms with Crippen LogP contribution < -0.4 is 0 Å². The smallest absolute Gasteiger partial charge is 0.230 e. The minimum atomic E-state index is -0.0707. The van der Waals surface area contributed by atoms with E-state index in [1.807, 2.05) is 13.0 Å². The van der Waals surface area contributed by atoms with Crippen LogP contribution in [0.3, 0.4) is 0 Å². The monoisotopic (exact) mass is 161 g/mol. The van der Waals surface area contributed by atoms with Crippen LogP contribution in [0.15, 0.2) is 18.5 Å². The molecule has 60 valence electrons. The van der Waals surface area contributed by atoms with Crippen LogP contribution in [0.5, 0.6) is 5.88 Å². The van der Waals surface area contributed by atoms with Crippen LogP contribution in [-0.4, -0.2) is 20.1 Å². The predicted octanol–water partition coefficient (Wildman–Crippen LogP) is 1.04. The molecular formula is C8H7N3O. The average Bonchev–Trinajstić information content (AvgIpc) is 2.07. The van der Waals surface area contributed by atoms with E-state index in [-0.39, 0.29) is 5.88 Å². The van der Waals surface area contributed by atoms with Crippen molar-refractivity contribution < 1.29 is 5.11 Å². The summed E-state index contributed by atoms with van der Waals surface area (Å²) in [5.41, 5.74) is 2.17. The Morgan fingerprint density at radius 3 is 3.00 bits per heavy atom. The maximum absolute atomic E-state index is 9.05. The standard InChI is InChI=1S/C8H7N3O/c1-5-2-3-9-8-7(5)11-6(12)4-10-8/h2-4H,1H3,(H,11,12). The third-order valence-electron chi connectivity index (χ3n) is 1.64. The van der Waals surface area contributed by atoms with Crippen LogP contribution in [0.4, 0.5) is 0 Å². The fraction of sp³-hybridized carbons (Fsp3) is 0.125. The average molecular weight is 161 g/mol. The summed E-state index contributed by atoms with van der Waals surface area (Å²) in [6.45, 7) is 1.90. The molecule has 0 aliphatic carbocycles. The lowest BCUT2D eigenvalue weighted by molar-refractivity contribution is 0.453. The van der Waals surface area contributed by atoms with Gasteiger partial charge < -0.3 is 5.11 Å². The molecule has 0 unspecified atom stereocenters. The Labute approximate surface area is 68.9 Å². The molecule has 1 N–H and O–H groups in total. The van der Waals surface area contributed by atoms with Gasteiger partial charge in [-0.3, -0.25) is 0 Å². The van der Waals surface area contributed by atoms with Gasteiger partial charge in [0.15, 0.2) is 5.65 Å². The first-order valence-electron chi connectivity index (χ1n) is 3.55. The number of aromatic nitrogens is 3. The van der Waals surface area contributed by atoms with E-state index in [1.165, 1.54) is 6.20 Å². The van der Waals surface area contributed by atoms with E-state index in [0.717, 1.165) is 5.56 Å². The highest BCUT2D eigenvalue weighted by atomic mass is 16.3. The number of pyridine rings is 1. The summed E-state index contributed by atoms with van der Waals surface area (Å²) in [5, 5.41) is 9.05. The Kier molecular flexibility index (Phi) is 1.40. The molecule has 2 rings (SSSR count). The van der Waals surface area contributed by atoms with E-state index in [1.54, 1.807) is 6.20 Å².